The predicted molar refractivity (Wildman–Crippen MR) is 256 cm³/mol. The van der Waals surface area contributed by atoms with Gasteiger partial charge in [-0.25, -0.2) is 13.1 Å². The summed E-state index contributed by atoms with van der Waals surface area (Å²) in [4.78, 5) is 20.1. The minimum atomic E-state index is -4.50. The lowest BCUT2D eigenvalue weighted by Crippen LogP contribution is -2.28. The highest BCUT2D eigenvalue weighted by atomic mass is 32.2. The molecule has 0 saturated heterocycles. The third-order valence-corrected chi connectivity index (χ3v) is 16.3. The van der Waals surface area contributed by atoms with Crippen LogP contribution in [0.15, 0.2) is 94.4 Å². The highest BCUT2D eigenvalue weighted by Gasteiger charge is 2.46. The maximum absolute atomic E-state index is 13.7. The van der Waals surface area contributed by atoms with E-state index in [4.69, 9.17) is 19.8 Å². The number of hydrogen-bond acceptors (Lipinski definition) is 13. The monoisotopic (exact) mass is 1020 g/mol. The van der Waals surface area contributed by atoms with Gasteiger partial charge in [-0.05, 0) is 93.3 Å². The molecule has 3 aromatic rings. The summed E-state index contributed by atoms with van der Waals surface area (Å²) in [6.07, 6.45) is 12.8. The van der Waals surface area contributed by atoms with Crippen molar-refractivity contribution in [2.45, 2.75) is 99.7 Å². The maximum atomic E-state index is 13.7. The summed E-state index contributed by atoms with van der Waals surface area (Å²) < 4.78 is 136. The Balaban J connectivity index is 1.44. The molecule has 8 N–H and O–H groups in total. The largest absolute Gasteiger partial charge is 0.493 e. The number of rotatable bonds is 24. The van der Waals surface area contributed by atoms with Crippen LogP contribution >= 0.6 is 8.09 Å². The molecule has 0 saturated carbocycles. The Morgan fingerprint density at radius 3 is 2.08 bits per heavy atom. The number of allylic oxidation sites excluding steroid dienone is 6. The van der Waals surface area contributed by atoms with Crippen LogP contribution in [0, 0.1) is 0 Å². The Kier molecular flexibility index (Phi) is 17.0. The molecule has 0 amide bonds. The van der Waals surface area contributed by atoms with Crippen LogP contribution in [0.1, 0.15) is 90.2 Å². The molecule has 0 aromatic heterocycles. The van der Waals surface area contributed by atoms with Gasteiger partial charge >= 0.3 is 8.09 Å². The quantitative estimate of drug-likeness (QED) is 0.0176. The zero-order valence-corrected chi connectivity index (χ0v) is 41.5. The zero-order valence-electron chi connectivity index (χ0n) is 37.4. The Bertz CT molecular complexity index is 2870. The first-order valence-corrected chi connectivity index (χ1v) is 29.2. The first-order chi connectivity index (χ1) is 30.5. The fourth-order valence-corrected chi connectivity index (χ4v) is 12.0. The minimum absolute atomic E-state index is 0.0817. The second kappa shape index (κ2) is 21.0. The summed E-state index contributed by atoms with van der Waals surface area (Å²) in [7, 11) is -20.6. The fraction of sp³-hybridized carbons (Fsp3) is 0.465. The van der Waals surface area contributed by atoms with Crippen LogP contribution in [-0.2, 0) is 55.7 Å². The van der Waals surface area contributed by atoms with Crippen LogP contribution in [0.5, 0.6) is 0 Å². The second-order valence-corrected chi connectivity index (χ2v) is 25.2. The van der Waals surface area contributed by atoms with Gasteiger partial charge in [-0.3, -0.25) is 13.7 Å². The fourth-order valence-electron chi connectivity index (χ4n) is 8.65. The smallest absolute Gasteiger partial charge is 0.344 e. The van der Waals surface area contributed by atoms with Crippen LogP contribution < -0.4 is 15.1 Å². The van der Waals surface area contributed by atoms with E-state index < -0.39 is 70.8 Å². The molecule has 0 fully saturated rings. The summed E-state index contributed by atoms with van der Waals surface area (Å²) in [5, 5.41) is 1.24. The van der Waals surface area contributed by atoms with Crippen LogP contribution in [0.3, 0.4) is 0 Å². The van der Waals surface area contributed by atoms with E-state index in [0.717, 1.165) is 28.0 Å². The molecule has 66 heavy (non-hydrogen) atoms. The number of sulfonamides is 1. The average Bonchev–Trinajstić information content (AvgIpc) is 3.54. The van der Waals surface area contributed by atoms with Gasteiger partial charge in [-0.2, -0.15) is 44.1 Å². The Labute approximate surface area is 388 Å². The van der Waals surface area contributed by atoms with E-state index in [1.165, 1.54) is 12.1 Å². The van der Waals surface area contributed by atoms with E-state index in [9.17, 15) is 47.3 Å². The van der Waals surface area contributed by atoms with Crippen LogP contribution in [0.25, 0.3) is 10.8 Å². The number of benzene rings is 3. The van der Waals surface area contributed by atoms with Crippen molar-refractivity contribution in [1.29, 1.82) is 0 Å². The van der Waals surface area contributed by atoms with Gasteiger partial charge < -0.3 is 4.90 Å². The normalized spacial score (nSPS) is 17.2. The number of nitrogens with two attached hydrogens (primary N) is 1. The molecule has 23 heteroatoms. The number of nitrogens with zero attached hydrogens (tertiary/aromatic N) is 2. The van der Waals surface area contributed by atoms with Crippen molar-refractivity contribution in [2.75, 3.05) is 42.6 Å². The van der Waals surface area contributed by atoms with Crippen molar-refractivity contribution in [3.8, 4) is 0 Å². The number of hydrogen-bond donors (Lipinski definition) is 7. The molecule has 0 radical (unpaired) electrons. The van der Waals surface area contributed by atoms with Gasteiger partial charge in [0.1, 0.15) is 6.54 Å². The molecule has 3 aromatic carbocycles. The first-order valence-electron chi connectivity index (χ1n) is 21.4. The molecule has 0 bridgehead atoms. The summed E-state index contributed by atoms with van der Waals surface area (Å²) >= 11 is 0. The molecule has 0 unspecified atom stereocenters. The molecule has 0 aliphatic carbocycles. The van der Waals surface area contributed by atoms with Crippen molar-refractivity contribution in [3.05, 3.63) is 95.7 Å². The Hall–Kier alpha value is -3.48. The summed E-state index contributed by atoms with van der Waals surface area (Å²) in [5.74, 6) is -0.817. The number of unbranched alkanes of at least 4 members (excludes halogenated alkanes) is 5. The molecule has 18 nitrogen and oxygen atoms in total. The standard InChI is InChI=1S/C43H59N4O14PS4/c1-42(2)35-31-32(66(58,59)60)21-23-36(35)46(26-11-14-29-63(50,51)52)39(42)19-8-7-9-20-40-43(3,4)41-34-17-16-18-38(65(56,57)45-25-10-5-6-13-28-61-62(44,48)49)33(34)22-24-37(41)47(40)27-12-15-30-64(53,54)55/h7-9,16-24,31,45,48-49H,5-6,10-15,25-30,44H2,1-4H3,(H-2,50,51,52,53,54,55,58,59,60)/p+2. The van der Waals surface area contributed by atoms with Crippen molar-refractivity contribution >= 4 is 76.3 Å². The van der Waals surface area contributed by atoms with Crippen molar-refractivity contribution in [3.63, 3.8) is 0 Å². The van der Waals surface area contributed by atoms with Gasteiger partial charge in [0, 0.05) is 59.4 Å². The SMILES string of the molecule is CC1(C)C(/C=C/C=C/C=C2/N(CCCCS(=O)(=O)O)c3ccc(S(=O)(=O)O)cc3C2(C)C)=[N+](CCCCS(=O)(=O)O)c2ccc3c(S(=O)(=O)NCCCCCCO[P+](N)(O)O)cccc3c21. The van der Waals surface area contributed by atoms with E-state index in [1.807, 2.05) is 75.1 Å². The Morgan fingerprint density at radius 2 is 1.42 bits per heavy atom. The van der Waals surface area contributed by atoms with Gasteiger partial charge in [0.15, 0.2) is 5.71 Å². The average molecular weight is 1020 g/mol. The van der Waals surface area contributed by atoms with Crippen molar-refractivity contribution in [2.24, 2.45) is 5.50 Å². The van der Waals surface area contributed by atoms with E-state index in [0.29, 0.717) is 68.3 Å². The van der Waals surface area contributed by atoms with E-state index in [2.05, 4.69) is 9.30 Å². The van der Waals surface area contributed by atoms with Crippen LogP contribution in [0.2, 0.25) is 0 Å². The van der Waals surface area contributed by atoms with Crippen molar-refractivity contribution < 1.29 is 66.2 Å². The molecule has 0 atom stereocenters. The van der Waals surface area contributed by atoms with E-state index in [-0.39, 0.29) is 35.8 Å². The molecular weight excluding hydrogens is 956 g/mol. The topological polar surface area (TPSA) is 291 Å². The van der Waals surface area contributed by atoms with Gasteiger partial charge in [0.25, 0.3) is 30.4 Å². The lowest BCUT2D eigenvalue weighted by molar-refractivity contribution is -0.438. The molecule has 0 spiro atoms. The molecule has 2 heterocycles. The van der Waals surface area contributed by atoms with Gasteiger partial charge in [0.2, 0.25) is 15.7 Å². The third kappa shape index (κ3) is 13.6. The highest BCUT2D eigenvalue weighted by Crippen LogP contribution is 2.49. The Morgan fingerprint density at radius 1 is 0.758 bits per heavy atom. The molecule has 5 rings (SSSR count). The highest BCUT2D eigenvalue weighted by molar-refractivity contribution is 7.89. The van der Waals surface area contributed by atoms with Gasteiger partial charge in [0.05, 0.1) is 33.3 Å². The summed E-state index contributed by atoms with van der Waals surface area (Å²) in [6.45, 7) is 8.86. The van der Waals surface area contributed by atoms with E-state index >= 15 is 0 Å². The zero-order chi connectivity index (χ0) is 48.9. The van der Waals surface area contributed by atoms with Gasteiger partial charge in [-0.15, -0.1) is 5.50 Å². The number of fused-ring (bicyclic) bond motifs is 4. The lowest BCUT2D eigenvalue weighted by Gasteiger charge is -2.27. The molecular formula is C43H61N4O14PS4+2. The molecule has 2 aliphatic heterocycles. The lowest BCUT2D eigenvalue weighted by atomic mass is 9.79. The number of nitrogens with one attached hydrogen (secondary N) is 1. The minimum Gasteiger partial charge on any atom is -0.344 e. The van der Waals surface area contributed by atoms with Crippen molar-refractivity contribution in [1.82, 2.24) is 4.72 Å². The summed E-state index contributed by atoms with van der Waals surface area (Å²) in [5.41, 5.74) is 8.26. The molecule has 2 aliphatic rings. The van der Waals surface area contributed by atoms with Crippen LogP contribution in [-0.4, -0.2) is 105 Å². The van der Waals surface area contributed by atoms with Gasteiger partial charge in [-0.1, -0.05) is 57.0 Å². The van der Waals surface area contributed by atoms with Crippen LogP contribution in [0.4, 0.5) is 11.4 Å². The number of anilines is 1. The summed E-state index contributed by atoms with van der Waals surface area (Å²) in [6, 6.07) is 13.1. The predicted octanol–water partition coefficient (Wildman–Crippen LogP) is 6.07. The first kappa shape index (κ1) is 53.5. The van der Waals surface area contributed by atoms with E-state index in [1.54, 1.807) is 24.3 Å². The maximum Gasteiger partial charge on any atom is 0.493 e. The molecule has 364 valence electrons. The third-order valence-electron chi connectivity index (χ3n) is 11.7. The second-order valence-electron chi connectivity index (χ2n) is 17.4.